The predicted octanol–water partition coefficient (Wildman–Crippen LogP) is 4.96. The maximum atomic E-state index is 13.2. The molecule has 0 aliphatic rings. The van der Waals surface area contributed by atoms with Crippen molar-refractivity contribution in [3.8, 4) is 22.9 Å². The van der Waals surface area contributed by atoms with Crippen LogP contribution in [0.5, 0.6) is 0 Å². The number of nitriles is 1. The number of imidazole rings is 1. The maximum absolute atomic E-state index is 13.2. The van der Waals surface area contributed by atoms with Gasteiger partial charge in [-0.15, -0.1) is 0 Å². The lowest BCUT2D eigenvalue weighted by atomic mass is 10.0. The van der Waals surface area contributed by atoms with E-state index in [0.717, 1.165) is 44.0 Å². The Morgan fingerprint density at radius 3 is 2.45 bits per heavy atom. The second-order valence-electron chi connectivity index (χ2n) is 7.98. The molecule has 0 fully saturated rings. The molecule has 0 N–H and O–H groups in total. The predicted molar refractivity (Wildman–Crippen MR) is 129 cm³/mol. The number of aromatic nitrogens is 4. The summed E-state index contributed by atoms with van der Waals surface area (Å²) in [6.45, 7) is 0. The van der Waals surface area contributed by atoms with Crippen molar-refractivity contribution < 1.29 is 0 Å². The first kappa shape index (κ1) is 19.0. The van der Waals surface area contributed by atoms with Crippen LogP contribution in [0.25, 0.3) is 49.7 Å². The SMILES string of the molecule is Cn1c(=O)n(-c2ccc(C#N)cc2)c2c3cc(-c4cnc5ccccc5c4)ccc3ncc21. The van der Waals surface area contributed by atoms with Crippen LogP contribution < -0.4 is 5.69 Å². The zero-order chi connectivity index (χ0) is 22.5. The van der Waals surface area contributed by atoms with E-state index in [1.165, 1.54) is 0 Å². The summed E-state index contributed by atoms with van der Waals surface area (Å²) in [6, 6.07) is 25.4. The Morgan fingerprint density at radius 2 is 1.64 bits per heavy atom. The van der Waals surface area contributed by atoms with Crippen LogP contribution in [0, 0.1) is 11.3 Å². The lowest BCUT2D eigenvalue weighted by Gasteiger charge is -2.09. The normalized spacial score (nSPS) is 11.3. The zero-order valence-electron chi connectivity index (χ0n) is 17.7. The molecular weight excluding hydrogens is 410 g/mol. The third kappa shape index (κ3) is 2.91. The van der Waals surface area contributed by atoms with Gasteiger partial charge < -0.3 is 0 Å². The zero-order valence-corrected chi connectivity index (χ0v) is 17.7. The number of aryl methyl sites for hydroxylation is 1. The highest BCUT2D eigenvalue weighted by Gasteiger charge is 2.17. The van der Waals surface area contributed by atoms with E-state index in [-0.39, 0.29) is 5.69 Å². The van der Waals surface area contributed by atoms with E-state index in [1.54, 1.807) is 46.6 Å². The van der Waals surface area contributed by atoms with Crippen molar-refractivity contribution in [2.75, 3.05) is 0 Å². The largest absolute Gasteiger partial charge is 0.333 e. The topological polar surface area (TPSA) is 76.5 Å². The van der Waals surface area contributed by atoms with Crippen molar-refractivity contribution in [2.24, 2.45) is 7.05 Å². The highest BCUT2D eigenvalue weighted by Crippen LogP contribution is 2.30. The third-order valence-corrected chi connectivity index (χ3v) is 6.06. The van der Waals surface area contributed by atoms with Gasteiger partial charge in [-0.25, -0.2) is 4.79 Å². The molecule has 6 aromatic rings. The third-order valence-electron chi connectivity index (χ3n) is 6.06. The summed E-state index contributed by atoms with van der Waals surface area (Å²) < 4.78 is 3.28. The molecule has 3 heterocycles. The minimum atomic E-state index is -0.165. The van der Waals surface area contributed by atoms with Crippen molar-refractivity contribution in [3.63, 3.8) is 0 Å². The number of hydrogen-bond donors (Lipinski definition) is 0. The standard InChI is InChI=1S/C27H17N5O/c1-31-25-16-30-24-11-8-18(20-12-19-4-2-3-5-23(19)29-15-20)13-22(24)26(25)32(27(31)33)21-9-6-17(14-28)7-10-21/h2-13,15-16H,1H3. The molecule has 0 unspecified atom stereocenters. The molecular formula is C27H17N5O. The Hall–Kier alpha value is -4.76. The van der Waals surface area contributed by atoms with E-state index in [9.17, 15) is 4.79 Å². The molecule has 6 nitrogen and oxygen atoms in total. The van der Waals surface area contributed by atoms with Crippen molar-refractivity contribution in [3.05, 3.63) is 101 Å². The molecule has 0 amide bonds. The fourth-order valence-corrected chi connectivity index (χ4v) is 4.33. The van der Waals surface area contributed by atoms with Crippen molar-refractivity contribution >= 4 is 32.8 Å². The fraction of sp³-hybridized carbons (Fsp3) is 0.0370. The highest BCUT2D eigenvalue weighted by molar-refractivity contribution is 6.04. The molecule has 0 atom stereocenters. The van der Waals surface area contributed by atoms with E-state index in [0.29, 0.717) is 11.3 Å². The van der Waals surface area contributed by atoms with E-state index < -0.39 is 0 Å². The number of fused-ring (bicyclic) bond motifs is 4. The molecule has 0 saturated heterocycles. The monoisotopic (exact) mass is 427 g/mol. The molecule has 156 valence electrons. The molecule has 0 radical (unpaired) electrons. The number of nitrogens with zero attached hydrogens (tertiary/aromatic N) is 5. The molecule has 0 spiro atoms. The van der Waals surface area contributed by atoms with Gasteiger partial charge in [-0.3, -0.25) is 19.1 Å². The van der Waals surface area contributed by atoms with Crippen LogP contribution in [-0.2, 0) is 7.05 Å². The Kier molecular flexibility index (Phi) is 4.11. The van der Waals surface area contributed by atoms with Gasteiger partial charge in [0.1, 0.15) is 0 Å². The lowest BCUT2D eigenvalue weighted by molar-refractivity contribution is 0.846. The van der Waals surface area contributed by atoms with Gasteiger partial charge in [-0.2, -0.15) is 5.26 Å². The Labute approximate surface area is 188 Å². The molecule has 0 aliphatic heterocycles. The van der Waals surface area contributed by atoms with Gasteiger partial charge in [0, 0.05) is 29.6 Å². The molecule has 3 aromatic heterocycles. The maximum Gasteiger partial charge on any atom is 0.333 e. The average Bonchev–Trinajstić information content (AvgIpc) is 3.13. The quantitative estimate of drug-likeness (QED) is 0.391. The van der Waals surface area contributed by atoms with Gasteiger partial charge in [0.05, 0.1) is 45.6 Å². The first-order chi connectivity index (χ1) is 16.1. The molecule has 0 aliphatic carbocycles. The van der Waals surface area contributed by atoms with Crippen molar-refractivity contribution in [2.45, 2.75) is 0 Å². The molecule has 0 saturated carbocycles. The van der Waals surface area contributed by atoms with Gasteiger partial charge >= 0.3 is 5.69 Å². The molecule has 33 heavy (non-hydrogen) atoms. The number of rotatable bonds is 2. The smallest absolute Gasteiger partial charge is 0.293 e. The summed E-state index contributed by atoms with van der Waals surface area (Å²) in [7, 11) is 1.75. The van der Waals surface area contributed by atoms with Gasteiger partial charge in [-0.05, 0) is 54.1 Å². The Bertz CT molecular complexity index is 1800. The molecule has 6 rings (SSSR count). The summed E-state index contributed by atoms with van der Waals surface area (Å²) in [5.41, 5.74) is 6.35. The number of pyridine rings is 2. The Morgan fingerprint density at radius 1 is 0.848 bits per heavy atom. The van der Waals surface area contributed by atoms with E-state index in [1.807, 2.05) is 42.6 Å². The summed E-state index contributed by atoms with van der Waals surface area (Å²) in [5, 5.41) is 11.1. The van der Waals surface area contributed by atoms with Gasteiger partial charge in [0.15, 0.2) is 0 Å². The average molecular weight is 427 g/mol. The number of hydrogen-bond acceptors (Lipinski definition) is 4. The fourth-order valence-electron chi connectivity index (χ4n) is 4.33. The molecule has 3 aromatic carbocycles. The van der Waals surface area contributed by atoms with E-state index >= 15 is 0 Å². The van der Waals surface area contributed by atoms with Crippen molar-refractivity contribution in [1.29, 1.82) is 5.26 Å². The van der Waals surface area contributed by atoms with E-state index in [4.69, 9.17) is 5.26 Å². The number of benzene rings is 3. The minimum absolute atomic E-state index is 0.165. The lowest BCUT2D eigenvalue weighted by Crippen LogP contribution is -2.20. The summed E-state index contributed by atoms with van der Waals surface area (Å²) in [4.78, 5) is 22.4. The minimum Gasteiger partial charge on any atom is -0.293 e. The van der Waals surface area contributed by atoms with E-state index in [2.05, 4.69) is 28.2 Å². The summed E-state index contributed by atoms with van der Waals surface area (Å²) >= 11 is 0. The van der Waals surface area contributed by atoms with Gasteiger partial charge in [-0.1, -0.05) is 24.3 Å². The number of para-hydroxylation sites is 1. The van der Waals surface area contributed by atoms with Crippen LogP contribution in [0.15, 0.2) is 90.0 Å². The Balaban J connectivity index is 1.64. The summed E-state index contributed by atoms with van der Waals surface area (Å²) in [6.07, 6.45) is 3.60. The van der Waals surface area contributed by atoms with Crippen LogP contribution in [0.2, 0.25) is 0 Å². The summed E-state index contributed by atoms with van der Waals surface area (Å²) in [5.74, 6) is 0. The highest BCUT2D eigenvalue weighted by atomic mass is 16.1. The van der Waals surface area contributed by atoms with Crippen LogP contribution in [-0.4, -0.2) is 19.1 Å². The molecule has 6 heteroatoms. The van der Waals surface area contributed by atoms with Crippen LogP contribution >= 0.6 is 0 Å². The molecule has 0 bridgehead atoms. The van der Waals surface area contributed by atoms with Crippen molar-refractivity contribution in [1.82, 2.24) is 19.1 Å². The second-order valence-corrected chi connectivity index (χ2v) is 7.98. The first-order valence-corrected chi connectivity index (χ1v) is 10.5. The van der Waals surface area contributed by atoms with Crippen LogP contribution in [0.4, 0.5) is 0 Å². The second kappa shape index (κ2) is 7.14. The van der Waals surface area contributed by atoms with Crippen LogP contribution in [0.3, 0.4) is 0 Å². The van der Waals surface area contributed by atoms with Crippen LogP contribution in [0.1, 0.15) is 5.56 Å². The van der Waals surface area contributed by atoms with Gasteiger partial charge in [0.25, 0.3) is 0 Å². The van der Waals surface area contributed by atoms with Gasteiger partial charge in [0.2, 0.25) is 0 Å². The first-order valence-electron chi connectivity index (χ1n) is 10.5.